The second-order valence-corrected chi connectivity index (χ2v) is 7.62. The summed E-state index contributed by atoms with van der Waals surface area (Å²) in [6.45, 7) is 7.76. The molecule has 13 heteroatoms. The number of nitrogens with zero attached hydrogens (tertiary/aromatic N) is 2. The number of esters is 1. The number of nitro groups is 2. The molecule has 0 aliphatic heterocycles. The molecule has 186 valence electrons. The number of rotatable bonds is 17. The minimum absolute atomic E-state index is 0.124. The molecule has 0 spiro atoms. The molecule has 0 heterocycles. The highest BCUT2D eigenvalue weighted by atomic mass is 16.6. The van der Waals surface area contributed by atoms with Crippen molar-refractivity contribution in [3.63, 3.8) is 0 Å². The first-order chi connectivity index (χ1) is 15.6. The van der Waals surface area contributed by atoms with Gasteiger partial charge in [-0.2, -0.15) is 0 Å². The Bertz CT molecular complexity index is 767. The van der Waals surface area contributed by atoms with Gasteiger partial charge >= 0.3 is 5.97 Å². The number of nitro benzene ring substituents is 2. The Morgan fingerprint density at radius 1 is 0.879 bits per heavy atom. The minimum Gasteiger partial charge on any atom is -0.458 e. The molecule has 0 aliphatic rings. The molecule has 0 saturated heterocycles. The standard InChI is InChI=1S/C20H31N3O10/c1-20(2,3)33-19(24)15-32-13-12-31-11-10-30-9-8-29-7-6-21-17-5-4-16(22(25)26)14-18(17)23(27)28/h4-5,14,21H,6-13,15H2,1-3H3. The summed E-state index contributed by atoms with van der Waals surface area (Å²) in [5, 5.41) is 24.6. The fourth-order valence-corrected chi connectivity index (χ4v) is 2.38. The van der Waals surface area contributed by atoms with Crippen LogP contribution < -0.4 is 5.32 Å². The Hall–Kier alpha value is -2.87. The van der Waals surface area contributed by atoms with E-state index >= 15 is 0 Å². The molecule has 0 atom stereocenters. The molecule has 0 unspecified atom stereocenters. The van der Waals surface area contributed by atoms with Crippen LogP contribution in [-0.4, -0.2) is 80.8 Å². The monoisotopic (exact) mass is 473 g/mol. The lowest BCUT2D eigenvalue weighted by Crippen LogP contribution is -2.27. The van der Waals surface area contributed by atoms with Crippen molar-refractivity contribution in [2.75, 3.05) is 64.7 Å². The lowest BCUT2D eigenvalue weighted by Gasteiger charge is -2.19. The zero-order chi connectivity index (χ0) is 24.7. The van der Waals surface area contributed by atoms with Crippen molar-refractivity contribution in [2.24, 2.45) is 0 Å². The zero-order valence-corrected chi connectivity index (χ0v) is 19.1. The van der Waals surface area contributed by atoms with Crippen LogP contribution in [0.1, 0.15) is 20.8 Å². The number of ether oxygens (including phenoxy) is 5. The SMILES string of the molecule is CC(C)(C)OC(=O)COCCOCCOCCOCCNc1ccc([N+](=O)[O-])cc1[N+](=O)[O-]. The molecule has 1 aromatic rings. The third-order valence-corrected chi connectivity index (χ3v) is 3.71. The van der Waals surface area contributed by atoms with Crippen LogP contribution in [0.15, 0.2) is 18.2 Å². The van der Waals surface area contributed by atoms with E-state index in [1.807, 2.05) is 0 Å². The number of benzene rings is 1. The Morgan fingerprint density at radius 3 is 1.94 bits per heavy atom. The summed E-state index contributed by atoms with van der Waals surface area (Å²) in [5.41, 5.74) is -1.08. The number of non-ortho nitro benzene ring substituents is 1. The van der Waals surface area contributed by atoms with Crippen molar-refractivity contribution in [2.45, 2.75) is 26.4 Å². The van der Waals surface area contributed by atoms with E-state index in [0.717, 1.165) is 6.07 Å². The molecule has 0 fully saturated rings. The van der Waals surface area contributed by atoms with Gasteiger partial charge < -0.3 is 29.0 Å². The van der Waals surface area contributed by atoms with Crippen LogP contribution in [0.2, 0.25) is 0 Å². The Morgan fingerprint density at radius 2 is 1.42 bits per heavy atom. The molecular weight excluding hydrogens is 442 g/mol. The normalized spacial score (nSPS) is 11.2. The lowest BCUT2D eigenvalue weighted by atomic mass is 10.2. The van der Waals surface area contributed by atoms with E-state index in [-0.39, 0.29) is 43.4 Å². The van der Waals surface area contributed by atoms with Crippen LogP contribution >= 0.6 is 0 Å². The first-order valence-electron chi connectivity index (χ1n) is 10.3. The van der Waals surface area contributed by atoms with E-state index in [0.29, 0.717) is 33.0 Å². The maximum Gasteiger partial charge on any atom is 0.332 e. The first kappa shape index (κ1) is 28.2. The van der Waals surface area contributed by atoms with Crippen LogP contribution in [0.5, 0.6) is 0 Å². The second kappa shape index (κ2) is 15.1. The van der Waals surface area contributed by atoms with Crippen LogP contribution in [0.3, 0.4) is 0 Å². The second-order valence-electron chi connectivity index (χ2n) is 7.62. The molecule has 33 heavy (non-hydrogen) atoms. The van der Waals surface area contributed by atoms with Crippen molar-refractivity contribution >= 4 is 23.0 Å². The van der Waals surface area contributed by atoms with Crippen molar-refractivity contribution < 1.29 is 38.3 Å². The summed E-state index contributed by atoms with van der Waals surface area (Å²) in [5.74, 6) is -0.424. The topological polar surface area (TPSA) is 162 Å². The summed E-state index contributed by atoms with van der Waals surface area (Å²) in [6.07, 6.45) is 0. The fraction of sp³-hybridized carbons (Fsp3) is 0.650. The van der Waals surface area contributed by atoms with Gasteiger partial charge in [0, 0.05) is 12.6 Å². The Labute approximate surface area is 191 Å². The predicted molar refractivity (Wildman–Crippen MR) is 117 cm³/mol. The smallest absolute Gasteiger partial charge is 0.332 e. The van der Waals surface area contributed by atoms with E-state index in [9.17, 15) is 25.0 Å². The molecule has 0 radical (unpaired) electrons. The highest BCUT2D eigenvalue weighted by Crippen LogP contribution is 2.28. The molecule has 0 aromatic heterocycles. The lowest BCUT2D eigenvalue weighted by molar-refractivity contribution is -0.393. The van der Waals surface area contributed by atoms with Crippen LogP contribution in [0.25, 0.3) is 0 Å². The number of hydrogen-bond acceptors (Lipinski definition) is 11. The Balaban J connectivity index is 2.00. The van der Waals surface area contributed by atoms with Gasteiger partial charge in [-0.1, -0.05) is 0 Å². The average Bonchev–Trinajstić information content (AvgIpc) is 2.72. The quantitative estimate of drug-likeness (QED) is 0.153. The van der Waals surface area contributed by atoms with Gasteiger partial charge in [0.25, 0.3) is 11.4 Å². The molecule has 1 rings (SSSR count). The Kier molecular flexibility index (Phi) is 12.8. The van der Waals surface area contributed by atoms with Gasteiger partial charge in [0.1, 0.15) is 17.9 Å². The van der Waals surface area contributed by atoms with E-state index in [1.54, 1.807) is 20.8 Å². The summed E-state index contributed by atoms with van der Waals surface area (Å²) in [7, 11) is 0. The number of nitrogens with one attached hydrogen (secondary N) is 1. The van der Waals surface area contributed by atoms with E-state index < -0.39 is 21.4 Å². The van der Waals surface area contributed by atoms with Crippen molar-refractivity contribution in [1.82, 2.24) is 0 Å². The molecule has 1 aromatic carbocycles. The molecule has 0 saturated carbocycles. The van der Waals surface area contributed by atoms with Gasteiger partial charge in [-0.15, -0.1) is 0 Å². The maximum absolute atomic E-state index is 11.4. The van der Waals surface area contributed by atoms with Gasteiger partial charge in [0.05, 0.1) is 62.2 Å². The highest BCUT2D eigenvalue weighted by Gasteiger charge is 2.19. The average molecular weight is 473 g/mol. The molecule has 0 aliphatic carbocycles. The van der Waals surface area contributed by atoms with Crippen LogP contribution in [0, 0.1) is 20.2 Å². The molecular formula is C20H31N3O10. The fourth-order valence-electron chi connectivity index (χ4n) is 2.38. The van der Waals surface area contributed by atoms with E-state index in [2.05, 4.69) is 5.32 Å². The first-order valence-corrected chi connectivity index (χ1v) is 10.3. The summed E-state index contributed by atoms with van der Waals surface area (Å²) in [6, 6.07) is 3.40. The van der Waals surface area contributed by atoms with Crippen molar-refractivity contribution in [1.29, 1.82) is 0 Å². The molecule has 0 amide bonds. The van der Waals surface area contributed by atoms with E-state index in [4.69, 9.17) is 23.7 Å². The molecule has 0 bridgehead atoms. The van der Waals surface area contributed by atoms with Gasteiger partial charge in [0.15, 0.2) is 0 Å². The van der Waals surface area contributed by atoms with Crippen LogP contribution in [0.4, 0.5) is 17.1 Å². The van der Waals surface area contributed by atoms with E-state index in [1.165, 1.54) is 12.1 Å². The van der Waals surface area contributed by atoms with Gasteiger partial charge in [-0.05, 0) is 26.8 Å². The van der Waals surface area contributed by atoms with Crippen LogP contribution in [-0.2, 0) is 28.5 Å². The molecule has 1 N–H and O–H groups in total. The summed E-state index contributed by atoms with van der Waals surface area (Å²) < 4.78 is 26.3. The van der Waals surface area contributed by atoms with Gasteiger partial charge in [0.2, 0.25) is 0 Å². The number of anilines is 1. The summed E-state index contributed by atoms with van der Waals surface area (Å²) in [4.78, 5) is 31.9. The zero-order valence-electron chi connectivity index (χ0n) is 19.1. The highest BCUT2D eigenvalue weighted by molar-refractivity contribution is 5.71. The third-order valence-electron chi connectivity index (χ3n) is 3.71. The predicted octanol–water partition coefficient (Wildman–Crippen LogP) is 2.32. The minimum atomic E-state index is -0.689. The molecule has 13 nitrogen and oxygen atoms in total. The number of carbonyl (C=O) groups excluding carboxylic acids is 1. The van der Waals surface area contributed by atoms with Crippen molar-refractivity contribution in [3.8, 4) is 0 Å². The van der Waals surface area contributed by atoms with Gasteiger partial charge in [-0.3, -0.25) is 20.2 Å². The maximum atomic E-state index is 11.4. The largest absolute Gasteiger partial charge is 0.458 e. The summed E-state index contributed by atoms with van der Waals surface area (Å²) >= 11 is 0. The number of hydrogen-bond donors (Lipinski definition) is 1. The third kappa shape index (κ3) is 13.3. The van der Waals surface area contributed by atoms with Crippen molar-refractivity contribution in [3.05, 3.63) is 38.4 Å². The van der Waals surface area contributed by atoms with Gasteiger partial charge in [-0.25, -0.2) is 4.79 Å². The number of carbonyl (C=O) groups is 1.